The summed E-state index contributed by atoms with van der Waals surface area (Å²) >= 11 is 9.24. The van der Waals surface area contributed by atoms with Crippen molar-refractivity contribution in [1.29, 1.82) is 0 Å². The molecule has 6 heteroatoms. The molecule has 0 radical (unpaired) electrons. The lowest BCUT2D eigenvalue weighted by Gasteiger charge is -2.08. The molecule has 0 atom stereocenters. The molecule has 2 N–H and O–H groups in total. The molecule has 2 nitrogen and oxygen atoms in total. The van der Waals surface area contributed by atoms with Gasteiger partial charge in [-0.25, -0.2) is 4.39 Å². The van der Waals surface area contributed by atoms with Gasteiger partial charge in [0.1, 0.15) is 0 Å². The summed E-state index contributed by atoms with van der Waals surface area (Å²) in [5.41, 5.74) is 1.78. The summed E-state index contributed by atoms with van der Waals surface area (Å²) in [4.78, 5) is 1.12. The van der Waals surface area contributed by atoms with Crippen molar-refractivity contribution in [2.45, 2.75) is 15.6 Å². The third-order valence-corrected chi connectivity index (χ3v) is 5.66. The molecule has 23 heavy (non-hydrogen) atoms. The maximum absolute atomic E-state index is 13.3. The minimum atomic E-state index is -0.629. The van der Waals surface area contributed by atoms with E-state index < -0.39 is 5.82 Å². The molecule has 1 aromatic heterocycles. The topological polar surface area (TPSA) is 32.3 Å². The van der Waals surface area contributed by atoms with Crippen LogP contribution in [0.3, 0.4) is 0 Å². The largest absolute Gasteiger partial charge is 0.505 e. The molecule has 0 bridgehead atoms. The standard InChI is InChI=1S/C17H13ClFNOS2/c18-12-1-4-14(5-2-12)23-17-11(7-8-22-17)10-20-13-3-6-16(21)15(19)9-13/h1-9,20-21H,10H2. The average Bonchev–Trinajstić information content (AvgIpc) is 2.98. The lowest BCUT2D eigenvalue weighted by atomic mass is 10.2. The van der Waals surface area contributed by atoms with E-state index in [1.165, 1.54) is 16.3 Å². The second kappa shape index (κ2) is 7.25. The molecule has 0 saturated heterocycles. The van der Waals surface area contributed by atoms with Crippen LogP contribution in [0, 0.1) is 5.82 Å². The Labute approximate surface area is 146 Å². The van der Waals surface area contributed by atoms with Crippen LogP contribution >= 0.6 is 34.7 Å². The van der Waals surface area contributed by atoms with Crippen LogP contribution < -0.4 is 5.32 Å². The number of hydrogen-bond donors (Lipinski definition) is 2. The van der Waals surface area contributed by atoms with E-state index in [0.29, 0.717) is 12.2 Å². The minimum Gasteiger partial charge on any atom is -0.505 e. The molecular formula is C17H13ClFNOS2. The van der Waals surface area contributed by atoms with Crippen LogP contribution in [0.2, 0.25) is 5.02 Å². The third-order valence-electron chi connectivity index (χ3n) is 3.16. The van der Waals surface area contributed by atoms with E-state index in [0.717, 1.165) is 15.5 Å². The molecule has 0 unspecified atom stereocenters. The van der Waals surface area contributed by atoms with Crippen LogP contribution in [-0.2, 0) is 6.54 Å². The van der Waals surface area contributed by atoms with Gasteiger partial charge in [-0.05, 0) is 53.4 Å². The van der Waals surface area contributed by atoms with E-state index >= 15 is 0 Å². The Hall–Kier alpha value is -1.69. The Morgan fingerprint density at radius 1 is 1.13 bits per heavy atom. The zero-order chi connectivity index (χ0) is 16.2. The average molecular weight is 366 g/mol. The van der Waals surface area contributed by atoms with E-state index in [1.807, 2.05) is 35.7 Å². The molecule has 0 amide bonds. The molecule has 0 fully saturated rings. The molecule has 0 saturated carbocycles. The highest BCUT2D eigenvalue weighted by Crippen LogP contribution is 2.35. The number of anilines is 1. The number of hydrogen-bond acceptors (Lipinski definition) is 4. The Kier molecular flexibility index (Phi) is 5.10. The first-order valence-corrected chi connectivity index (χ1v) is 8.91. The van der Waals surface area contributed by atoms with Crippen molar-refractivity contribution in [3.8, 4) is 5.75 Å². The number of thiophene rings is 1. The summed E-state index contributed by atoms with van der Waals surface area (Å²) in [5, 5.41) is 15.1. The molecule has 0 spiro atoms. The van der Waals surface area contributed by atoms with E-state index in [2.05, 4.69) is 5.32 Å². The Bertz CT molecular complexity index is 805. The maximum atomic E-state index is 13.3. The number of nitrogens with one attached hydrogen (secondary N) is 1. The van der Waals surface area contributed by atoms with Crippen molar-refractivity contribution in [2.24, 2.45) is 0 Å². The van der Waals surface area contributed by atoms with Gasteiger partial charge in [-0.3, -0.25) is 0 Å². The zero-order valence-electron chi connectivity index (χ0n) is 11.9. The molecule has 0 aliphatic heterocycles. The van der Waals surface area contributed by atoms with Crippen molar-refractivity contribution in [1.82, 2.24) is 0 Å². The predicted octanol–water partition coefficient (Wildman–Crippen LogP) is 6.01. The van der Waals surface area contributed by atoms with Gasteiger partial charge in [-0.2, -0.15) is 0 Å². The fourth-order valence-corrected chi connectivity index (χ4v) is 4.15. The Balaban J connectivity index is 1.68. The number of aromatic hydroxyl groups is 1. The van der Waals surface area contributed by atoms with E-state index in [4.69, 9.17) is 11.6 Å². The summed E-state index contributed by atoms with van der Waals surface area (Å²) in [7, 11) is 0. The SMILES string of the molecule is Oc1ccc(NCc2ccsc2Sc2ccc(Cl)cc2)cc1F. The van der Waals surface area contributed by atoms with Crippen LogP contribution in [0.1, 0.15) is 5.56 Å². The van der Waals surface area contributed by atoms with Gasteiger partial charge in [-0.15, -0.1) is 11.3 Å². The lowest BCUT2D eigenvalue weighted by Crippen LogP contribution is -1.99. The molecule has 0 aliphatic rings. The Morgan fingerprint density at radius 2 is 1.91 bits per heavy atom. The van der Waals surface area contributed by atoms with E-state index in [1.54, 1.807) is 29.2 Å². The maximum Gasteiger partial charge on any atom is 0.166 e. The van der Waals surface area contributed by atoms with Gasteiger partial charge in [0.05, 0.1) is 4.21 Å². The van der Waals surface area contributed by atoms with Gasteiger partial charge in [0.2, 0.25) is 0 Å². The fourth-order valence-electron chi connectivity index (χ4n) is 1.97. The molecule has 2 aromatic carbocycles. The van der Waals surface area contributed by atoms with Crippen molar-refractivity contribution in [3.05, 3.63) is 70.3 Å². The van der Waals surface area contributed by atoms with Gasteiger partial charge in [0, 0.05) is 28.2 Å². The molecule has 0 aliphatic carbocycles. The van der Waals surface area contributed by atoms with Crippen molar-refractivity contribution in [2.75, 3.05) is 5.32 Å². The minimum absolute atomic E-state index is 0.343. The van der Waals surface area contributed by atoms with Crippen LogP contribution in [0.5, 0.6) is 5.75 Å². The monoisotopic (exact) mass is 365 g/mol. The highest BCUT2D eigenvalue weighted by Gasteiger charge is 2.07. The zero-order valence-corrected chi connectivity index (χ0v) is 14.3. The second-order valence-corrected chi connectivity index (χ2v) is 7.50. The van der Waals surface area contributed by atoms with Gasteiger partial charge in [-0.1, -0.05) is 23.4 Å². The number of phenolic OH excluding ortho intramolecular Hbond substituents is 1. The molecule has 1 heterocycles. The van der Waals surface area contributed by atoms with Gasteiger partial charge >= 0.3 is 0 Å². The smallest absolute Gasteiger partial charge is 0.166 e. The van der Waals surface area contributed by atoms with E-state index in [9.17, 15) is 9.50 Å². The normalized spacial score (nSPS) is 10.7. The molecular weight excluding hydrogens is 353 g/mol. The predicted molar refractivity (Wildman–Crippen MR) is 95.3 cm³/mol. The van der Waals surface area contributed by atoms with Gasteiger partial charge in [0.15, 0.2) is 11.6 Å². The first-order chi connectivity index (χ1) is 11.1. The Morgan fingerprint density at radius 3 is 2.65 bits per heavy atom. The highest BCUT2D eigenvalue weighted by molar-refractivity contribution is 8.01. The van der Waals surface area contributed by atoms with Crippen LogP contribution in [0.4, 0.5) is 10.1 Å². The third kappa shape index (κ3) is 4.19. The van der Waals surface area contributed by atoms with Crippen LogP contribution in [-0.4, -0.2) is 5.11 Å². The first kappa shape index (κ1) is 16.2. The molecule has 3 aromatic rings. The number of benzene rings is 2. The van der Waals surface area contributed by atoms with Crippen LogP contribution in [0.15, 0.2) is 63.0 Å². The quantitative estimate of drug-likeness (QED) is 0.543. The number of halogens is 2. The summed E-state index contributed by atoms with van der Waals surface area (Å²) in [6, 6.07) is 14.0. The van der Waals surface area contributed by atoms with Crippen molar-refractivity contribution >= 4 is 40.4 Å². The van der Waals surface area contributed by atoms with Crippen molar-refractivity contribution in [3.63, 3.8) is 0 Å². The fraction of sp³-hybridized carbons (Fsp3) is 0.0588. The summed E-state index contributed by atoms with van der Waals surface area (Å²) < 4.78 is 14.5. The lowest BCUT2D eigenvalue weighted by molar-refractivity contribution is 0.432. The highest BCUT2D eigenvalue weighted by atomic mass is 35.5. The molecule has 118 valence electrons. The summed E-state index contributed by atoms with van der Waals surface area (Å²) in [6.45, 7) is 0.587. The summed E-state index contributed by atoms with van der Waals surface area (Å²) in [5.74, 6) is -0.971. The second-order valence-electron chi connectivity index (χ2n) is 4.81. The molecule has 3 rings (SSSR count). The van der Waals surface area contributed by atoms with Gasteiger partial charge in [0.25, 0.3) is 0 Å². The number of phenols is 1. The van der Waals surface area contributed by atoms with Crippen LogP contribution in [0.25, 0.3) is 0 Å². The van der Waals surface area contributed by atoms with Crippen molar-refractivity contribution < 1.29 is 9.50 Å². The summed E-state index contributed by atoms with van der Waals surface area (Å²) in [6.07, 6.45) is 0. The van der Waals surface area contributed by atoms with Gasteiger partial charge < -0.3 is 10.4 Å². The first-order valence-electron chi connectivity index (χ1n) is 6.84. The number of rotatable bonds is 5. The van der Waals surface area contributed by atoms with E-state index in [-0.39, 0.29) is 5.75 Å².